The Labute approximate surface area is 175 Å². The molecule has 2 aliphatic rings. The van der Waals surface area contributed by atoms with Crippen molar-refractivity contribution in [1.82, 2.24) is 15.0 Å². The maximum Gasteiger partial charge on any atom is 0.247 e. The fourth-order valence-corrected chi connectivity index (χ4v) is 4.13. The van der Waals surface area contributed by atoms with E-state index in [-0.39, 0.29) is 17.9 Å². The van der Waals surface area contributed by atoms with E-state index in [1.807, 2.05) is 44.9 Å². The number of anilines is 4. The molecule has 0 spiro atoms. The average Bonchev–Trinajstić information content (AvgIpc) is 2.67. The first-order valence-electron chi connectivity index (χ1n) is 10.2. The molecule has 0 radical (unpaired) electrons. The fraction of sp³-hybridized carbons (Fsp3) is 0.476. The Balaban J connectivity index is 1.40. The van der Waals surface area contributed by atoms with Crippen LogP contribution in [0.2, 0.25) is 0 Å². The SMILES string of the molecule is Cc1cc(N[C@H]2C[C@@H](Nc3cnc(C#N)cn3)C2)nc2c1NC(=O)C(C(C)C)N2C. The molecule has 1 saturated carbocycles. The molecule has 1 unspecified atom stereocenters. The lowest BCUT2D eigenvalue weighted by atomic mass is 9.86. The molecule has 1 amide bonds. The molecule has 30 heavy (non-hydrogen) atoms. The summed E-state index contributed by atoms with van der Waals surface area (Å²) in [4.78, 5) is 27.5. The van der Waals surface area contributed by atoms with Crippen LogP contribution in [0.4, 0.5) is 23.1 Å². The van der Waals surface area contributed by atoms with Crippen LogP contribution in [0.25, 0.3) is 0 Å². The van der Waals surface area contributed by atoms with Gasteiger partial charge in [0.25, 0.3) is 0 Å². The predicted molar refractivity (Wildman–Crippen MR) is 115 cm³/mol. The third kappa shape index (κ3) is 3.73. The van der Waals surface area contributed by atoms with Gasteiger partial charge in [0.1, 0.15) is 23.7 Å². The Morgan fingerprint density at radius 2 is 1.90 bits per heavy atom. The molecular weight excluding hydrogens is 380 g/mol. The zero-order valence-corrected chi connectivity index (χ0v) is 17.6. The summed E-state index contributed by atoms with van der Waals surface area (Å²) in [5, 5.41) is 18.7. The summed E-state index contributed by atoms with van der Waals surface area (Å²) in [6, 6.07) is 4.33. The summed E-state index contributed by atoms with van der Waals surface area (Å²) < 4.78 is 0. The van der Waals surface area contributed by atoms with Crippen LogP contribution in [-0.2, 0) is 4.79 Å². The molecule has 2 aromatic heterocycles. The number of hydrogen-bond donors (Lipinski definition) is 3. The minimum atomic E-state index is -0.231. The van der Waals surface area contributed by atoms with E-state index in [0.29, 0.717) is 23.6 Å². The molecule has 3 heterocycles. The molecule has 1 atom stereocenters. The number of amides is 1. The van der Waals surface area contributed by atoms with E-state index in [1.54, 1.807) is 6.20 Å². The van der Waals surface area contributed by atoms with Crippen molar-refractivity contribution in [2.75, 3.05) is 27.9 Å². The lowest BCUT2D eigenvalue weighted by molar-refractivity contribution is -0.118. The van der Waals surface area contributed by atoms with Crippen molar-refractivity contribution in [2.45, 2.75) is 51.7 Å². The highest BCUT2D eigenvalue weighted by atomic mass is 16.2. The van der Waals surface area contributed by atoms with Crippen LogP contribution in [0.3, 0.4) is 0 Å². The van der Waals surface area contributed by atoms with Gasteiger partial charge < -0.3 is 20.9 Å². The summed E-state index contributed by atoms with van der Waals surface area (Å²) in [5.41, 5.74) is 2.09. The predicted octanol–water partition coefficient (Wildman–Crippen LogP) is 2.52. The van der Waals surface area contributed by atoms with Gasteiger partial charge in [-0.05, 0) is 37.3 Å². The number of rotatable bonds is 5. The molecule has 156 valence electrons. The van der Waals surface area contributed by atoms with Gasteiger partial charge in [-0.25, -0.2) is 15.0 Å². The highest BCUT2D eigenvalue weighted by Gasteiger charge is 2.35. The van der Waals surface area contributed by atoms with Gasteiger partial charge in [0.15, 0.2) is 11.5 Å². The molecule has 2 aromatic rings. The summed E-state index contributed by atoms with van der Waals surface area (Å²) in [5.74, 6) is 2.50. The van der Waals surface area contributed by atoms with Crippen molar-refractivity contribution in [3.63, 3.8) is 0 Å². The number of hydrogen-bond acceptors (Lipinski definition) is 8. The van der Waals surface area contributed by atoms with Gasteiger partial charge in [0, 0.05) is 19.1 Å². The summed E-state index contributed by atoms with van der Waals surface area (Å²) in [6.45, 7) is 6.07. The Bertz CT molecular complexity index is 991. The molecule has 1 aliphatic carbocycles. The van der Waals surface area contributed by atoms with E-state index < -0.39 is 0 Å². The largest absolute Gasteiger partial charge is 0.367 e. The second kappa shape index (κ2) is 7.78. The highest BCUT2D eigenvalue weighted by molar-refractivity contribution is 6.03. The normalized spacial score (nSPS) is 22.6. The fourth-order valence-electron chi connectivity index (χ4n) is 4.13. The molecular formula is C21H26N8O. The smallest absolute Gasteiger partial charge is 0.247 e. The second-order valence-corrected chi connectivity index (χ2v) is 8.36. The van der Waals surface area contributed by atoms with Gasteiger partial charge in [0.2, 0.25) is 5.91 Å². The number of carbonyl (C=O) groups is 1. The van der Waals surface area contributed by atoms with Crippen molar-refractivity contribution in [2.24, 2.45) is 5.92 Å². The van der Waals surface area contributed by atoms with E-state index in [9.17, 15) is 4.79 Å². The number of likely N-dealkylation sites (N-methyl/N-ethyl adjacent to an activating group) is 1. The quantitative estimate of drug-likeness (QED) is 0.693. The van der Waals surface area contributed by atoms with Crippen LogP contribution in [0.5, 0.6) is 0 Å². The summed E-state index contributed by atoms with van der Waals surface area (Å²) in [6.07, 6.45) is 4.92. The van der Waals surface area contributed by atoms with E-state index in [0.717, 1.165) is 35.7 Å². The van der Waals surface area contributed by atoms with Gasteiger partial charge in [-0.15, -0.1) is 0 Å². The highest BCUT2D eigenvalue weighted by Crippen LogP contribution is 2.36. The zero-order chi connectivity index (χ0) is 21.4. The molecule has 4 rings (SSSR count). The van der Waals surface area contributed by atoms with Crippen LogP contribution in [0.1, 0.15) is 37.9 Å². The van der Waals surface area contributed by atoms with E-state index >= 15 is 0 Å². The molecule has 1 fully saturated rings. The number of aromatic nitrogens is 3. The van der Waals surface area contributed by atoms with E-state index in [2.05, 4.69) is 25.9 Å². The van der Waals surface area contributed by atoms with Crippen LogP contribution < -0.4 is 20.9 Å². The summed E-state index contributed by atoms with van der Waals surface area (Å²) >= 11 is 0. The lowest BCUT2D eigenvalue weighted by Gasteiger charge is -2.39. The first-order valence-corrected chi connectivity index (χ1v) is 10.2. The number of fused-ring (bicyclic) bond motifs is 1. The van der Waals surface area contributed by atoms with Crippen LogP contribution in [-0.4, -0.2) is 46.0 Å². The van der Waals surface area contributed by atoms with Crippen molar-refractivity contribution in [3.8, 4) is 6.07 Å². The summed E-state index contributed by atoms with van der Waals surface area (Å²) in [7, 11) is 1.93. The average molecular weight is 406 g/mol. The number of nitrogens with one attached hydrogen (secondary N) is 3. The number of pyridine rings is 1. The molecule has 3 N–H and O–H groups in total. The van der Waals surface area contributed by atoms with Gasteiger partial charge in [-0.2, -0.15) is 5.26 Å². The molecule has 0 bridgehead atoms. The van der Waals surface area contributed by atoms with Crippen LogP contribution in [0, 0.1) is 24.2 Å². The first-order chi connectivity index (χ1) is 14.4. The molecule has 0 saturated heterocycles. The first kappa shape index (κ1) is 19.9. The van der Waals surface area contributed by atoms with Crippen molar-refractivity contribution in [1.29, 1.82) is 5.26 Å². The molecule has 9 heteroatoms. The Morgan fingerprint density at radius 1 is 1.20 bits per heavy atom. The minimum Gasteiger partial charge on any atom is -0.367 e. The minimum absolute atomic E-state index is 0.0180. The van der Waals surface area contributed by atoms with Crippen LogP contribution >= 0.6 is 0 Å². The number of aryl methyl sites for hydroxylation is 1. The standard InChI is InChI=1S/C21H26N8O/c1-11(2)19-21(30)28-18-12(3)5-16(27-20(18)29(19)4)25-13-6-14(7-13)26-17-10-23-15(8-22)9-24-17/h5,9-11,13-14,19H,6-7H2,1-4H3,(H,24,26)(H,25,27)(H,28,30)/t13-,14+,19?. The number of nitriles is 1. The van der Waals surface area contributed by atoms with Gasteiger partial charge >= 0.3 is 0 Å². The third-order valence-electron chi connectivity index (χ3n) is 5.71. The zero-order valence-electron chi connectivity index (χ0n) is 17.6. The van der Waals surface area contributed by atoms with Crippen molar-refractivity contribution in [3.05, 3.63) is 29.7 Å². The van der Waals surface area contributed by atoms with Gasteiger partial charge in [-0.3, -0.25) is 4.79 Å². The van der Waals surface area contributed by atoms with Gasteiger partial charge in [0.05, 0.1) is 18.1 Å². The monoisotopic (exact) mass is 406 g/mol. The van der Waals surface area contributed by atoms with Crippen molar-refractivity contribution < 1.29 is 4.79 Å². The van der Waals surface area contributed by atoms with E-state index in [4.69, 9.17) is 10.2 Å². The Hall–Kier alpha value is -3.41. The van der Waals surface area contributed by atoms with Crippen molar-refractivity contribution >= 4 is 29.0 Å². The van der Waals surface area contributed by atoms with Crippen LogP contribution in [0.15, 0.2) is 18.5 Å². The number of nitrogens with zero attached hydrogens (tertiary/aromatic N) is 5. The second-order valence-electron chi connectivity index (χ2n) is 8.36. The Kier molecular flexibility index (Phi) is 5.16. The molecule has 1 aliphatic heterocycles. The topological polar surface area (TPSA) is 119 Å². The van der Waals surface area contributed by atoms with Gasteiger partial charge in [-0.1, -0.05) is 13.8 Å². The Morgan fingerprint density at radius 3 is 2.50 bits per heavy atom. The molecule has 0 aromatic carbocycles. The maximum atomic E-state index is 12.5. The molecule has 9 nitrogen and oxygen atoms in total. The third-order valence-corrected chi connectivity index (χ3v) is 5.71. The number of carbonyl (C=O) groups excluding carboxylic acids is 1. The maximum absolute atomic E-state index is 12.5. The van der Waals surface area contributed by atoms with E-state index in [1.165, 1.54) is 6.20 Å². The lowest BCUT2D eigenvalue weighted by Crippen LogP contribution is -2.49.